The van der Waals surface area contributed by atoms with Crippen molar-refractivity contribution in [2.45, 2.75) is 6.42 Å². The first-order valence-corrected chi connectivity index (χ1v) is 9.15. The van der Waals surface area contributed by atoms with Gasteiger partial charge in [0.15, 0.2) is 0 Å². The van der Waals surface area contributed by atoms with Crippen LogP contribution in [0.15, 0.2) is 67.1 Å². The number of aromatic nitrogens is 3. The van der Waals surface area contributed by atoms with E-state index in [1.807, 2.05) is 24.3 Å². The second-order valence-electron chi connectivity index (χ2n) is 6.48. The highest BCUT2D eigenvalue weighted by atomic mass is 19.1. The largest absolute Gasteiger partial charge is 0.496 e. The van der Waals surface area contributed by atoms with E-state index in [-0.39, 0.29) is 11.7 Å². The molecular weight excluding hydrogens is 371 g/mol. The molecule has 0 saturated carbocycles. The molecule has 0 radical (unpaired) electrons. The third-order valence-corrected chi connectivity index (χ3v) is 4.55. The predicted octanol–water partition coefficient (Wildman–Crippen LogP) is 3.52. The first kappa shape index (κ1) is 18.6. The minimum absolute atomic E-state index is 0.255. The fourth-order valence-corrected chi connectivity index (χ4v) is 3.11. The lowest BCUT2D eigenvalue weighted by Gasteiger charge is -2.09. The number of nitrogens with zero attached hydrogens (tertiary/aromatic N) is 3. The number of pyridine rings is 2. The second kappa shape index (κ2) is 8.10. The van der Waals surface area contributed by atoms with Gasteiger partial charge in [-0.15, -0.1) is 0 Å². The maximum atomic E-state index is 13.7. The molecule has 1 aromatic carbocycles. The van der Waals surface area contributed by atoms with Crippen molar-refractivity contribution in [3.8, 4) is 16.9 Å². The summed E-state index contributed by atoms with van der Waals surface area (Å²) in [6, 6.07) is 13.6. The Morgan fingerprint density at radius 3 is 2.86 bits per heavy atom. The van der Waals surface area contributed by atoms with Gasteiger partial charge in [-0.2, -0.15) is 0 Å². The summed E-state index contributed by atoms with van der Waals surface area (Å²) >= 11 is 0. The molecule has 0 aliphatic heterocycles. The minimum Gasteiger partial charge on any atom is -0.496 e. The van der Waals surface area contributed by atoms with Gasteiger partial charge in [-0.3, -0.25) is 9.78 Å². The van der Waals surface area contributed by atoms with Crippen molar-refractivity contribution in [1.82, 2.24) is 19.7 Å². The molecule has 0 fully saturated rings. The smallest absolute Gasteiger partial charge is 0.271 e. The number of amides is 1. The van der Waals surface area contributed by atoms with Gasteiger partial charge in [-0.25, -0.2) is 9.37 Å². The molecule has 4 rings (SSSR count). The Balaban J connectivity index is 1.52. The van der Waals surface area contributed by atoms with Crippen molar-refractivity contribution in [3.63, 3.8) is 0 Å². The van der Waals surface area contributed by atoms with Crippen molar-refractivity contribution >= 4 is 11.6 Å². The molecule has 0 atom stereocenters. The summed E-state index contributed by atoms with van der Waals surface area (Å²) in [6.45, 7) is 0.468. The Labute approximate surface area is 167 Å². The van der Waals surface area contributed by atoms with E-state index in [0.717, 1.165) is 11.3 Å². The highest BCUT2D eigenvalue weighted by molar-refractivity contribution is 5.93. The number of imidazole rings is 1. The molecule has 0 aliphatic rings. The average Bonchev–Trinajstić information content (AvgIpc) is 3.18. The summed E-state index contributed by atoms with van der Waals surface area (Å²) in [7, 11) is 1.54. The molecule has 3 heterocycles. The van der Waals surface area contributed by atoms with Gasteiger partial charge >= 0.3 is 0 Å². The standard InChI is InChI=1S/C22H19FN4O2/c1-29-20-7-6-16(23)12-18(20)15-5-8-21-26-19(14-27(21)13-15)22(28)25-11-9-17-4-2-3-10-24-17/h2-8,10,12-14H,9,11H2,1H3,(H,25,28). The number of carbonyl (C=O) groups is 1. The summed E-state index contributed by atoms with van der Waals surface area (Å²) in [6.07, 6.45) is 5.82. The number of nitrogens with one attached hydrogen (secondary N) is 1. The van der Waals surface area contributed by atoms with Crippen molar-refractivity contribution in [2.24, 2.45) is 0 Å². The molecule has 0 aliphatic carbocycles. The maximum absolute atomic E-state index is 13.7. The van der Waals surface area contributed by atoms with Gasteiger partial charge in [-0.1, -0.05) is 6.07 Å². The molecule has 0 bridgehead atoms. The fraction of sp³-hybridized carbons (Fsp3) is 0.136. The van der Waals surface area contributed by atoms with Gasteiger partial charge in [0.1, 0.15) is 22.9 Å². The van der Waals surface area contributed by atoms with Crippen molar-refractivity contribution < 1.29 is 13.9 Å². The van der Waals surface area contributed by atoms with E-state index in [1.54, 1.807) is 42.2 Å². The Morgan fingerprint density at radius 1 is 1.17 bits per heavy atom. The van der Waals surface area contributed by atoms with Crippen LogP contribution in [0.2, 0.25) is 0 Å². The molecule has 29 heavy (non-hydrogen) atoms. The van der Waals surface area contributed by atoms with E-state index in [1.165, 1.54) is 12.1 Å². The zero-order chi connectivity index (χ0) is 20.2. The number of fused-ring (bicyclic) bond motifs is 1. The molecule has 0 unspecified atom stereocenters. The summed E-state index contributed by atoms with van der Waals surface area (Å²) in [4.78, 5) is 21.0. The molecule has 3 aromatic heterocycles. The van der Waals surface area contributed by atoms with Crippen molar-refractivity contribution in [3.05, 3.63) is 84.3 Å². The average molecular weight is 390 g/mol. The lowest BCUT2D eigenvalue weighted by molar-refractivity contribution is 0.0949. The Hall–Kier alpha value is -3.74. The first-order valence-electron chi connectivity index (χ1n) is 9.15. The number of carbonyl (C=O) groups excluding carboxylic acids is 1. The Kier molecular flexibility index (Phi) is 5.20. The highest BCUT2D eigenvalue weighted by Gasteiger charge is 2.13. The van der Waals surface area contributed by atoms with E-state index >= 15 is 0 Å². The minimum atomic E-state index is -0.348. The lowest BCUT2D eigenvalue weighted by atomic mass is 10.1. The number of halogens is 1. The number of hydrogen-bond donors (Lipinski definition) is 1. The van der Waals surface area contributed by atoms with Crippen molar-refractivity contribution in [1.29, 1.82) is 0 Å². The SMILES string of the molecule is COc1ccc(F)cc1-c1ccc2nc(C(=O)NCCc3ccccn3)cn2c1. The summed E-state index contributed by atoms with van der Waals surface area (Å²) in [5, 5.41) is 2.86. The molecule has 1 N–H and O–H groups in total. The van der Waals surface area contributed by atoms with Crippen LogP contribution >= 0.6 is 0 Å². The zero-order valence-electron chi connectivity index (χ0n) is 15.8. The van der Waals surface area contributed by atoms with E-state index in [9.17, 15) is 9.18 Å². The second-order valence-corrected chi connectivity index (χ2v) is 6.48. The van der Waals surface area contributed by atoms with Crippen LogP contribution < -0.4 is 10.1 Å². The zero-order valence-corrected chi connectivity index (χ0v) is 15.8. The fourth-order valence-electron chi connectivity index (χ4n) is 3.11. The van der Waals surface area contributed by atoms with Gasteiger partial charge in [0.25, 0.3) is 5.91 Å². The molecule has 6 nitrogen and oxygen atoms in total. The molecule has 0 saturated heterocycles. The highest BCUT2D eigenvalue weighted by Crippen LogP contribution is 2.30. The number of rotatable bonds is 6. The van der Waals surface area contributed by atoms with Crippen molar-refractivity contribution in [2.75, 3.05) is 13.7 Å². The summed E-state index contributed by atoms with van der Waals surface area (Å²) < 4.78 is 20.8. The van der Waals surface area contributed by atoms with Crippen LogP contribution in [0.3, 0.4) is 0 Å². The van der Waals surface area contributed by atoms with Crippen LogP contribution in [0.25, 0.3) is 16.8 Å². The normalized spacial score (nSPS) is 10.8. The van der Waals surface area contributed by atoms with Crippen LogP contribution in [-0.2, 0) is 6.42 Å². The molecule has 7 heteroatoms. The van der Waals surface area contributed by atoms with E-state index in [4.69, 9.17) is 4.74 Å². The molecule has 0 spiro atoms. The van der Waals surface area contributed by atoms with Gasteiger partial charge < -0.3 is 14.5 Å². The van der Waals surface area contributed by atoms with Gasteiger partial charge in [0.05, 0.1) is 7.11 Å². The molecule has 146 valence electrons. The molecule has 1 amide bonds. The third-order valence-electron chi connectivity index (χ3n) is 4.55. The maximum Gasteiger partial charge on any atom is 0.271 e. The van der Waals surface area contributed by atoms with E-state index < -0.39 is 0 Å². The van der Waals surface area contributed by atoms with E-state index in [0.29, 0.717) is 35.6 Å². The van der Waals surface area contributed by atoms with Gasteiger partial charge in [0.2, 0.25) is 0 Å². The van der Waals surface area contributed by atoms with Crippen LogP contribution in [0.1, 0.15) is 16.2 Å². The van der Waals surface area contributed by atoms with Crippen LogP contribution in [0, 0.1) is 5.82 Å². The van der Waals surface area contributed by atoms with Crippen LogP contribution in [-0.4, -0.2) is 33.9 Å². The van der Waals surface area contributed by atoms with Crippen LogP contribution in [0.5, 0.6) is 5.75 Å². The lowest BCUT2D eigenvalue weighted by Crippen LogP contribution is -2.26. The molecular formula is C22H19FN4O2. The van der Waals surface area contributed by atoms with E-state index in [2.05, 4.69) is 15.3 Å². The number of ether oxygens (including phenoxy) is 1. The monoisotopic (exact) mass is 390 g/mol. The Morgan fingerprint density at radius 2 is 2.07 bits per heavy atom. The molecule has 4 aromatic rings. The quantitative estimate of drug-likeness (QED) is 0.547. The Bertz CT molecular complexity index is 1160. The summed E-state index contributed by atoms with van der Waals surface area (Å²) in [5.74, 6) is -0.0348. The topological polar surface area (TPSA) is 68.5 Å². The van der Waals surface area contributed by atoms with Gasteiger partial charge in [-0.05, 0) is 42.5 Å². The predicted molar refractivity (Wildman–Crippen MR) is 107 cm³/mol. The first-order chi connectivity index (χ1) is 14.1. The third kappa shape index (κ3) is 4.08. The van der Waals surface area contributed by atoms with Crippen LogP contribution in [0.4, 0.5) is 4.39 Å². The number of hydrogen-bond acceptors (Lipinski definition) is 4. The number of methoxy groups -OCH3 is 1. The van der Waals surface area contributed by atoms with Gasteiger partial charge in [0, 0.05) is 48.4 Å². The number of benzene rings is 1. The summed E-state index contributed by atoms with van der Waals surface area (Å²) in [5.41, 5.74) is 3.24.